The van der Waals surface area contributed by atoms with Crippen molar-refractivity contribution in [3.8, 4) is 0 Å². The summed E-state index contributed by atoms with van der Waals surface area (Å²) in [5.74, 6) is 0.671. The molecule has 3 aromatic rings. The first-order valence-electron chi connectivity index (χ1n) is 11.0. The Labute approximate surface area is 185 Å². The predicted octanol–water partition coefficient (Wildman–Crippen LogP) is 4.10. The highest BCUT2D eigenvalue weighted by Gasteiger charge is 2.24. The molecule has 31 heavy (non-hydrogen) atoms. The average molecular weight is 417 g/mol. The summed E-state index contributed by atoms with van der Waals surface area (Å²) in [5.41, 5.74) is 7.40. The molecule has 1 aromatic heterocycles. The maximum absolute atomic E-state index is 9.19. The number of anilines is 2. The van der Waals surface area contributed by atoms with Gasteiger partial charge in [-0.05, 0) is 42.2 Å². The third-order valence-corrected chi connectivity index (χ3v) is 6.44. The standard InChI is InChI=1S/C26H32N4O/c1-19-5-7-21(8-6-19)26(2,3)22-9-11-23(12-10-22)30-14-13-20-17-27-25(28-24(20)18-30)29(4)15-16-31/h5-12,17,31H,13-16,18H2,1-4H3. The molecule has 2 heterocycles. The second kappa shape index (κ2) is 8.67. The molecule has 1 aliphatic heterocycles. The van der Waals surface area contributed by atoms with Crippen LogP contribution in [0, 0.1) is 6.92 Å². The SMILES string of the molecule is Cc1ccc(C(C)(C)c2ccc(N3CCc4cnc(N(C)CCO)nc4C3)cc2)cc1. The van der Waals surface area contributed by atoms with Gasteiger partial charge in [-0.15, -0.1) is 0 Å². The molecule has 0 bridgehead atoms. The molecule has 0 saturated heterocycles. The number of aliphatic hydroxyl groups is 1. The van der Waals surface area contributed by atoms with Gasteiger partial charge in [-0.25, -0.2) is 9.97 Å². The number of nitrogens with zero attached hydrogens (tertiary/aromatic N) is 4. The van der Waals surface area contributed by atoms with Crippen LogP contribution in [-0.4, -0.2) is 41.8 Å². The quantitative estimate of drug-likeness (QED) is 0.656. The van der Waals surface area contributed by atoms with Crippen LogP contribution in [0.3, 0.4) is 0 Å². The molecule has 0 amide bonds. The van der Waals surface area contributed by atoms with E-state index in [4.69, 9.17) is 4.98 Å². The number of aliphatic hydroxyl groups excluding tert-OH is 1. The maximum atomic E-state index is 9.19. The van der Waals surface area contributed by atoms with Crippen LogP contribution in [0.1, 0.15) is 41.8 Å². The van der Waals surface area contributed by atoms with Gasteiger partial charge in [-0.1, -0.05) is 55.8 Å². The fraction of sp³-hybridized carbons (Fsp3) is 0.385. The lowest BCUT2D eigenvalue weighted by Crippen LogP contribution is -2.32. The number of aryl methyl sites for hydroxylation is 1. The summed E-state index contributed by atoms with van der Waals surface area (Å²) in [6.45, 7) is 9.05. The van der Waals surface area contributed by atoms with Gasteiger partial charge in [0.2, 0.25) is 5.95 Å². The van der Waals surface area contributed by atoms with E-state index in [-0.39, 0.29) is 12.0 Å². The second-order valence-electron chi connectivity index (χ2n) is 9.00. The molecule has 1 N–H and O–H groups in total. The summed E-state index contributed by atoms with van der Waals surface area (Å²) in [4.78, 5) is 13.5. The lowest BCUT2D eigenvalue weighted by molar-refractivity contribution is 0.303. The lowest BCUT2D eigenvalue weighted by Gasteiger charge is -2.31. The summed E-state index contributed by atoms with van der Waals surface area (Å²) >= 11 is 0. The largest absolute Gasteiger partial charge is 0.395 e. The molecule has 4 rings (SSSR count). The van der Waals surface area contributed by atoms with Crippen LogP contribution >= 0.6 is 0 Å². The highest BCUT2D eigenvalue weighted by atomic mass is 16.3. The molecule has 1 aliphatic rings. The van der Waals surface area contributed by atoms with Crippen molar-refractivity contribution in [1.82, 2.24) is 9.97 Å². The number of benzene rings is 2. The summed E-state index contributed by atoms with van der Waals surface area (Å²) in [5, 5.41) is 9.19. The van der Waals surface area contributed by atoms with Gasteiger partial charge in [0.15, 0.2) is 0 Å². The molecular weight excluding hydrogens is 384 g/mol. The Hall–Kier alpha value is -2.92. The van der Waals surface area contributed by atoms with Crippen molar-refractivity contribution in [3.05, 3.63) is 82.7 Å². The Balaban J connectivity index is 1.52. The van der Waals surface area contributed by atoms with Crippen molar-refractivity contribution in [2.75, 3.05) is 36.5 Å². The van der Waals surface area contributed by atoms with Gasteiger partial charge < -0.3 is 14.9 Å². The number of likely N-dealkylation sites (N-methyl/N-ethyl adjacent to an activating group) is 1. The summed E-state index contributed by atoms with van der Waals surface area (Å²) in [6.07, 6.45) is 2.88. The Bertz CT molecular complexity index is 1030. The summed E-state index contributed by atoms with van der Waals surface area (Å²) < 4.78 is 0. The lowest BCUT2D eigenvalue weighted by atomic mass is 9.78. The number of hydrogen-bond donors (Lipinski definition) is 1. The third kappa shape index (κ3) is 4.42. The van der Waals surface area contributed by atoms with Gasteiger partial charge in [0.1, 0.15) is 0 Å². The van der Waals surface area contributed by atoms with Crippen LogP contribution in [0.2, 0.25) is 0 Å². The van der Waals surface area contributed by atoms with Crippen LogP contribution in [0.5, 0.6) is 0 Å². The van der Waals surface area contributed by atoms with E-state index in [1.54, 1.807) is 0 Å². The van der Waals surface area contributed by atoms with E-state index in [9.17, 15) is 5.11 Å². The molecule has 5 nitrogen and oxygen atoms in total. The molecule has 0 saturated carbocycles. The molecule has 0 fully saturated rings. The van der Waals surface area contributed by atoms with Crippen molar-refractivity contribution >= 4 is 11.6 Å². The van der Waals surface area contributed by atoms with E-state index in [1.807, 2.05) is 18.1 Å². The smallest absolute Gasteiger partial charge is 0.225 e. The van der Waals surface area contributed by atoms with Crippen molar-refractivity contribution in [3.63, 3.8) is 0 Å². The molecule has 0 aliphatic carbocycles. The summed E-state index contributed by atoms with van der Waals surface area (Å²) in [6, 6.07) is 17.8. The van der Waals surface area contributed by atoms with Crippen LogP contribution in [0.4, 0.5) is 11.6 Å². The zero-order valence-corrected chi connectivity index (χ0v) is 19.0. The average Bonchev–Trinajstić information content (AvgIpc) is 2.79. The van der Waals surface area contributed by atoms with Gasteiger partial charge in [-0.3, -0.25) is 0 Å². The third-order valence-electron chi connectivity index (χ3n) is 6.44. The molecule has 0 unspecified atom stereocenters. The number of hydrogen-bond acceptors (Lipinski definition) is 5. The van der Waals surface area contributed by atoms with E-state index < -0.39 is 0 Å². The zero-order chi connectivity index (χ0) is 22.0. The zero-order valence-electron chi connectivity index (χ0n) is 19.0. The molecule has 2 aromatic carbocycles. The Kier molecular flexibility index (Phi) is 5.96. The van der Waals surface area contributed by atoms with Crippen molar-refractivity contribution in [2.24, 2.45) is 0 Å². The topological polar surface area (TPSA) is 52.5 Å². The van der Waals surface area contributed by atoms with Gasteiger partial charge in [-0.2, -0.15) is 0 Å². The minimum atomic E-state index is -0.0415. The normalized spacial score (nSPS) is 13.8. The van der Waals surface area contributed by atoms with Crippen LogP contribution in [0.15, 0.2) is 54.7 Å². The van der Waals surface area contributed by atoms with Crippen molar-refractivity contribution < 1.29 is 5.11 Å². The van der Waals surface area contributed by atoms with Crippen LogP contribution < -0.4 is 9.80 Å². The Morgan fingerprint density at radius 1 is 1.03 bits per heavy atom. The second-order valence-corrected chi connectivity index (χ2v) is 9.00. The molecule has 0 atom stereocenters. The number of rotatable bonds is 6. The monoisotopic (exact) mass is 416 g/mol. The fourth-order valence-electron chi connectivity index (χ4n) is 4.17. The van der Waals surface area contributed by atoms with Gasteiger partial charge >= 0.3 is 0 Å². The highest BCUT2D eigenvalue weighted by Crippen LogP contribution is 2.33. The van der Waals surface area contributed by atoms with Crippen LogP contribution in [-0.2, 0) is 18.4 Å². The number of fused-ring (bicyclic) bond motifs is 1. The molecule has 0 spiro atoms. The van der Waals surface area contributed by atoms with Gasteiger partial charge in [0.05, 0.1) is 18.8 Å². The molecule has 5 heteroatoms. The molecule has 162 valence electrons. The minimum Gasteiger partial charge on any atom is -0.395 e. The van der Waals surface area contributed by atoms with E-state index in [0.717, 1.165) is 25.2 Å². The van der Waals surface area contributed by atoms with E-state index in [1.165, 1.54) is 27.9 Å². The number of aromatic nitrogens is 2. The van der Waals surface area contributed by atoms with Crippen molar-refractivity contribution in [1.29, 1.82) is 0 Å². The van der Waals surface area contributed by atoms with Gasteiger partial charge in [0.25, 0.3) is 0 Å². The van der Waals surface area contributed by atoms with E-state index in [2.05, 4.69) is 79.2 Å². The first-order valence-corrected chi connectivity index (χ1v) is 11.0. The molecular formula is C26H32N4O. The fourth-order valence-corrected chi connectivity index (χ4v) is 4.17. The van der Waals surface area contributed by atoms with Crippen LogP contribution in [0.25, 0.3) is 0 Å². The minimum absolute atomic E-state index is 0.0415. The molecule has 0 radical (unpaired) electrons. The maximum Gasteiger partial charge on any atom is 0.225 e. The van der Waals surface area contributed by atoms with Gasteiger partial charge in [0, 0.05) is 37.4 Å². The first-order chi connectivity index (χ1) is 14.9. The van der Waals surface area contributed by atoms with Crippen molar-refractivity contribution in [2.45, 2.75) is 39.2 Å². The summed E-state index contributed by atoms with van der Waals surface area (Å²) in [7, 11) is 1.91. The first kappa shape index (κ1) is 21.3. The van der Waals surface area contributed by atoms with E-state index >= 15 is 0 Å². The Morgan fingerprint density at radius 3 is 2.32 bits per heavy atom. The van der Waals surface area contributed by atoms with E-state index in [0.29, 0.717) is 12.5 Å². The predicted molar refractivity (Wildman–Crippen MR) is 127 cm³/mol. The Morgan fingerprint density at radius 2 is 1.68 bits per heavy atom. The highest BCUT2D eigenvalue weighted by molar-refractivity contribution is 5.52.